The predicted octanol–water partition coefficient (Wildman–Crippen LogP) is 1.22. The molecule has 0 aromatic rings. The quantitative estimate of drug-likeness (QED) is 0.767. The van der Waals surface area contributed by atoms with Gasteiger partial charge in [0.15, 0.2) is 0 Å². The van der Waals surface area contributed by atoms with Crippen LogP contribution < -0.4 is 5.73 Å². The van der Waals surface area contributed by atoms with E-state index in [1.807, 2.05) is 6.92 Å². The van der Waals surface area contributed by atoms with E-state index < -0.39 is 30.0 Å². The van der Waals surface area contributed by atoms with Gasteiger partial charge in [-0.2, -0.15) is 0 Å². The fourth-order valence-electron chi connectivity index (χ4n) is 0.493. The second-order valence-electron chi connectivity index (χ2n) is 3.00. The van der Waals surface area contributed by atoms with Crippen molar-refractivity contribution in [2.24, 2.45) is 5.73 Å². The standard InChI is InChI=1S/C4H12As2O.C4H11NO/c1-5(2)7-6(3)4;1-2-4(6)3-5/h1-4H3;4,6H,2-3,5H2,1H3. The summed E-state index contributed by atoms with van der Waals surface area (Å²) < 4.78 is 5.54. The van der Waals surface area contributed by atoms with Crippen LogP contribution in [0.2, 0.25) is 22.8 Å². The molecular formula is C8H23As2NO2. The van der Waals surface area contributed by atoms with E-state index in [4.69, 9.17) is 13.6 Å². The van der Waals surface area contributed by atoms with Crippen molar-refractivity contribution >= 4 is 30.0 Å². The zero-order valence-electron chi connectivity index (χ0n) is 9.32. The number of nitrogens with two attached hydrogens (primary N) is 1. The van der Waals surface area contributed by atoms with Crippen molar-refractivity contribution in [3.8, 4) is 0 Å². The van der Waals surface area contributed by atoms with Crippen molar-refractivity contribution in [2.75, 3.05) is 6.54 Å². The van der Waals surface area contributed by atoms with Crippen molar-refractivity contribution in [3.05, 3.63) is 0 Å². The number of hydrogen-bond acceptors (Lipinski definition) is 3. The van der Waals surface area contributed by atoms with Gasteiger partial charge in [0.25, 0.3) is 0 Å². The van der Waals surface area contributed by atoms with Crippen LogP contribution in [-0.4, -0.2) is 47.7 Å². The summed E-state index contributed by atoms with van der Waals surface area (Å²) in [6, 6.07) is 0. The molecule has 0 radical (unpaired) electrons. The Hall–Kier alpha value is 0.997. The van der Waals surface area contributed by atoms with Gasteiger partial charge >= 0.3 is 55.5 Å². The van der Waals surface area contributed by atoms with Gasteiger partial charge in [0.1, 0.15) is 0 Å². The Morgan fingerprint density at radius 3 is 1.62 bits per heavy atom. The monoisotopic (exact) mass is 315 g/mol. The second-order valence-corrected chi connectivity index (χ2v) is 11.9. The summed E-state index contributed by atoms with van der Waals surface area (Å²) in [5, 5.41) is 8.54. The summed E-state index contributed by atoms with van der Waals surface area (Å²) in [5.41, 5.74) is 13.9. The Labute approximate surface area is 92.3 Å². The topological polar surface area (TPSA) is 55.5 Å². The second kappa shape index (κ2) is 11.1. The molecule has 0 aromatic carbocycles. The summed E-state index contributed by atoms with van der Waals surface area (Å²) >= 11 is -1.44. The first-order valence-corrected chi connectivity index (χ1v) is 13.4. The molecule has 3 nitrogen and oxygen atoms in total. The fourth-order valence-corrected chi connectivity index (χ4v) is 8.98. The SMILES string of the molecule is CCC(O)CN.C[As](C)O[As](C)C. The summed E-state index contributed by atoms with van der Waals surface area (Å²) in [6.07, 6.45) is 0.473. The minimum atomic E-state index is -0.719. The molecule has 0 saturated carbocycles. The Bertz CT molecular complexity index is 92.1. The van der Waals surface area contributed by atoms with Crippen LogP contribution in [0.3, 0.4) is 0 Å². The van der Waals surface area contributed by atoms with Crippen molar-refractivity contribution in [1.29, 1.82) is 0 Å². The van der Waals surface area contributed by atoms with Crippen LogP contribution in [0.5, 0.6) is 0 Å². The molecule has 0 saturated heterocycles. The molecule has 1 atom stereocenters. The van der Waals surface area contributed by atoms with Gasteiger partial charge < -0.3 is 10.8 Å². The molecule has 0 heterocycles. The van der Waals surface area contributed by atoms with Gasteiger partial charge in [0.2, 0.25) is 0 Å². The molecule has 0 aliphatic heterocycles. The minimum absolute atomic E-state index is 0.287. The van der Waals surface area contributed by atoms with Crippen LogP contribution in [-0.2, 0) is 2.72 Å². The average Bonchev–Trinajstić information content (AvgIpc) is 2.01. The van der Waals surface area contributed by atoms with Gasteiger partial charge in [0.05, 0.1) is 6.10 Å². The van der Waals surface area contributed by atoms with Gasteiger partial charge in [-0.05, 0) is 6.42 Å². The van der Waals surface area contributed by atoms with E-state index in [1.54, 1.807) is 0 Å². The van der Waals surface area contributed by atoms with E-state index in [2.05, 4.69) is 22.8 Å². The van der Waals surface area contributed by atoms with Crippen LogP contribution in [0.25, 0.3) is 0 Å². The van der Waals surface area contributed by atoms with E-state index in [0.717, 1.165) is 6.42 Å². The van der Waals surface area contributed by atoms with Crippen molar-refractivity contribution < 1.29 is 7.82 Å². The molecule has 5 heteroatoms. The van der Waals surface area contributed by atoms with Crippen molar-refractivity contribution in [1.82, 2.24) is 0 Å². The van der Waals surface area contributed by atoms with E-state index in [-0.39, 0.29) is 6.10 Å². The Morgan fingerprint density at radius 1 is 1.23 bits per heavy atom. The average molecular weight is 315 g/mol. The summed E-state index contributed by atoms with van der Waals surface area (Å²) in [5.74, 6) is 0. The third-order valence-electron chi connectivity index (χ3n) is 1.07. The van der Waals surface area contributed by atoms with Crippen LogP contribution in [0.4, 0.5) is 0 Å². The van der Waals surface area contributed by atoms with Crippen LogP contribution in [0.1, 0.15) is 13.3 Å². The molecule has 1 unspecified atom stereocenters. The zero-order chi connectivity index (χ0) is 10.9. The van der Waals surface area contributed by atoms with E-state index in [0.29, 0.717) is 6.54 Å². The zero-order valence-corrected chi connectivity index (χ0v) is 13.1. The molecule has 0 aliphatic rings. The number of hydrogen-bond donors (Lipinski definition) is 2. The van der Waals surface area contributed by atoms with Crippen LogP contribution in [0, 0.1) is 0 Å². The first kappa shape index (κ1) is 16.4. The number of aliphatic hydroxyl groups is 1. The maximum atomic E-state index is 8.54. The van der Waals surface area contributed by atoms with Crippen LogP contribution >= 0.6 is 0 Å². The van der Waals surface area contributed by atoms with Crippen molar-refractivity contribution in [3.63, 3.8) is 0 Å². The molecule has 0 amide bonds. The van der Waals surface area contributed by atoms with E-state index >= 15 is 0 Å². The fraction of sp³-hybridized carbons (Fsp3) is 1.00. The Kier molecular flexibility index (Phi) is 14.0. The van der Waals surface area contributed by atoms with Crippen molar-refractivity contribution in [2.45, 2.75) is 42.3 Å². The van der Waals surface area contributed by atoms with E-state index in [9.17, 15) is 0 Å². The third-order valence-corrected chi connectivity index (χ3v) is 9.56. The first-order valence-electron chi connectivity index (χ1n) is 4.34. The maximum absolute atomic E-state index is 8.54. The first-order chi connectivity index (χ1) is 5.93. The summed E-state index contributed by atoms with van der Waals surface area (Å²) in [7, 11) is 0. The van der Waals surface area contributed by atoms with Gasteiger partial charge in [0, 0.05) is 6.54 Å². The van der Waals surface area contributed by atoms with Gasteiger partial charge in [-0.1, -0.05) is 6.92 Å². The molecule has 0 bridgehead atoms. The van der Waals surface area contributed by atoms with Gasteiger partial charge in [-0.3, -0.25) is 0 Å². The predicted molar refractivity (Wildman–Crippen MR) is 61.4 cm³/mol. The molecule has 82 valence electrons. The molecule has 13 heavy (non-hydrogen) atoms. The number of aliphatic hydroxyl groups excluding tert-OH is 1. The molecule has 0 aliphatic carbocycles. The molecule has 0 aromatic heterocycles. The molecule has 3 N–H and O–H groups in total. The Balaban J connectivity index is 0. The normalized spacial score (nSPS) is 12.7. The van der Waals surface area contributed by atoms with Crippen LogP contribution in [0.15, 0.2) is 0 Å². The summed E-state index contributed by atoms with van der Waals surface area (Å²) in [6.45, 7) is 2.29. The van der Waals surface area contributed by atoms with E-state index in [1.165, 1.54) is 0 Å². The molecule has 0 fully saturated rings. The molecular weight excluding hydrogens is 292 g/mol. The van der Waals surface area contributed by atoms with Gasteiger partial charge in [-0.15, -0.1) is 0 Å². The summed E-state index contributed by atoms with van der Waals surface area (Å²) in [4.78, 5) is 0. The number of rotatable bonds is 4. The molecule has 0 rings (SSSR count). The third kappa shape index (κ3) is 19.4. The Morgan fingerprint density at radius 2 is 1.62 bits per heavy atom. The molecule has 0 spiro atoms. The van der Waals surface area contributed by atoms with Gasteiger partial charge in [-0.25, -0.2) is 0 Å².